The number of para-hydroxylation sites is 2. The summed E-state index contributed by atoms with van der Waals surface area (Å²) in [5, 5.41) is 9.91. The molecule has 1 unspecified atom stereocenters. The Morgan fingerprint density at radius 1 is 1.16 bits per heavy atom. The van der Waals surface area contributed by atoms with Crippen molar-refractivity contribution >= 4 is 61.4 Å². The molecular weight excluding hydrogens is 543 g/mol. The van der Waals surface area contributed by atoms with Crippen LogP contribution >= 0.6 is 22.9 Å². The van der Waals surface area contributed by atoms with Crippen molar-refractivity contribution in [3.8, 4) is 0 Å². The lowest BCUT2D eigenvalue weighted by atomic mass is 9.92. The number of rotatable bonds is 8. The SMILES string of the molecule is CC(C)(O)C(N)=NS(=O)(=O)c1cc(C(=O)C(C(=O)c2ccc(Cl)s2)c2nc3ccccc3[nH]2)ccc1F. The number of imidazole rings is 1. The third-order valence-corrected chi connectivity index (χ3v) is 7.91. The number of carbonyl (C=O) groups excluding carboxylic acids is 2. The molecule has 0 radical (unpaired) electrons. The second-order valence-electron chi connectivity index (χ2n) is 8.56. The molecule has 4 aromatic rings. The van der Waals surface area contributed by atoms with Crippen LogP contribution in [0.2, 0.25) is 4.34 Å². The molecule has 13 heteroatoms. The van der Waals surface area contributed by atoms with E-state index in [2.05, 4.69) is 14.4 Å². The van der Waals surface area contributed by atoms with Crippen LogP contribution in [0.3, 0.4) is 0 Å². The molecule has 0 aliphatic rings. The summed E-state index contributed by atoms with van der Waals surface area (Å²) in [5.41, 5.74) is 4.56. The van der Waals surface area contributed by atoms with Crippen LogP contribution in [0.25, 0.3) is 11.0 Å². The summed E-state index contributed by atoms with van der Waals surface area (Å²) < 4.78 is 43.8. The van der Waals surface area contributed by atoms with Crippen molar-refractivity contribution in [3.05, 3.63) is 81.0 Å². The first-order valence-electron chi connectivity index (χ1n) is 10.7. The minimum atomic E-state index is -4.76. The van der Waals surface area contributed by atoms with Crippen LogP contribution in [0.4, 0.5) is 4.39 Å². The number of nitrogens with two attached hydrogens (primary N) is 1. The van der Waals surface area contributed by atoms with Crippen LogP contribution < -0.4 is 5.73 Å². The van der Waals surface area contributed by atoms with Crippen molar-refractivity contribution in [3.63, 3.8) is 0 Å². The maximum Gasteiger partial charge on any atom is 0.286 e. The van der Waals surface area contributed by atoms with Gasteiger partial charge >= 0.3 is 0 Å². The Hall–Kier alpha value is -3.45. The number of nitrogens with one attached hydrogen (secondary N) is 1. The van der Waals surface area contributed by atoms with Gasteiger partial charge in [-0.15, -0.1) is 15.7 Å². The molecule has 2 aromatic carbocycles. The minimum absolute atomic E-state index is 0.0266. The second-order valence-corrected chi connectivity index (χ2v) is 11.8. The zero-order valence-electron chi connectivity index (χ0n) is 19.4. The van der Waals surface area contributed by atoms with Gasteiger partial charge in [0.1, 0.15) is 33.9 Å². The predicted molar refractivity (Wildman–Crippen MR) is 138 cm³/mol. The number of hydrogen-bond donors (Lipinski definition) is 3. The fraction of sp³-hybridized carbons (Fsp3) is 0.167. The maximum atomic E-state index is 14.6. The van der Waals surface area contributed by atoms with Crippen LogP contribution in [0, 0.1) is 5.82 Å². The Labute approximate surface area is 219 Å². The number of ketones is 2. The van der Waals surface area contributed by atoms with Crippen molar-refractivity contribution in [1.29, 1.82) is 0 Å². The fourth-order valence-corrected chi connectivity index (χ4v) is 5.56. The van der Waals surface area contributed by atoms with Gasteiger partial charge < -0.3 is 15.8 Å². The first kappa shape index (κ1) is 26.6. The molecule has 4 N–H and O–H groups in total. The van der Waals surface area contributed by atoms with E-state index in [4.69, 9.17) is 17.3 Å². The van der Waals surface area contributed by atoms with E-state index >= 15 is 0 Å². The zero-order valence-corrected chi connectivity index (χ0v) is 21.8. The van der Waals surface area contributed by atoms with E-state index in [0.29, 0.717) is 15.4 Å². The number of hydrogen-bond acceptors (Lipinski definition) is 7. The molecule has 2 heterocycles. The number of aromatic amines is 1. The Morgan fingerprint density at radius 3 is 2.49 bits per heavy atom. The van der Waals surface area contributed by atoms with E-state index < -0.39 is 49.7 Å². The summed E-state index contributed by atoms with van der Waals surface area (Å²) in [5.74, 6) is -4.80. The van der Waals surface area contributed by atoms with Crippen LogP contribution in [-0.2, 0) is 10.0 Å². The minimum Gasteiger partial charge on any atom is -0.384 e. The number of aliphatic hydroxyl groups is 1. The lowest BCUT2D eigenvalue weighted by Gasteiger charge is -2.16. The van der Waals surface area contributed by atoms with Gasteiger partial charge in [-0.1, -0.05) is 23.7 Å². The smallest absolute Gasteiger partial charge is 0.286 e. The normalized spacial score (nSPS) is 13.6. The van der Waals surface area contributed by atoms with Gasteiger partial charge in [-0.3, -0.25) is 9.59 Å². The van der Waals surface area contributed by atoms with Crippen LogP contribution in [0.5, 0.6) is 0 Å². The zero-order chi connectivity index (χ0) is 27.1. The summed E-state index contributed by atoms with van der Waals surface area (Å²) >= 11 is 6.96. The molecule has 4 rings (SSSR count). The van der Waals surface area contributed by atoms with Gasteiger partial charge in [0.05, 0.1) is 20.2 Å². The lowest BCUT2D eigenvalue weighted by molar-refractivity contribution is 0.0858. The first-order valence-corrected chi connectivity index (χ1v) is 13.3. The van der Waals surface area contributed by atoms with E-state index in [1.165, 1.54) is 26.0 Å². The van der Waals surface area contributed by atoms with Crippen LogP contribution in [0.15, 0.2) is 63.9 Å². The van der Waals surface area contributed by atoms with Crippen molar-refractivity contribution < 1.29 is 27.5 Å². The molecule has 0 amide bonds. The van der Waals surface area contributed by atoms with E-state index in [1.807, 2.05) is 0 Å². The number of nitrogens with zero attached hydrogens (tertiary/aromatic N) is 2. The van der Waals surface area contributed by atoms with Gasteiger partial charge in [0.2, 0.25) is 0 Å². The highest BCUT2D eigenvalue weighted by Gasteiger charge is 2.35. The number of amidine groups is 1. The molecule has 0 aliphatic heterocycles. The molecule has 0 aliphatic carbocycles. The van der Waals surface area contributed by atoms with Gasteiger partial charge in [0.25, 0.3) is 10.0 Å². The van der Waals surface area contributed by atoms with Gasteiger partial charge in [-0.2, -0.15) is 8.42 Å². The molecule has 0 saturated heterocycles. The lowest BCUT2D eigenvalue weighted by Crippen LogP contribution is -2.38. The summed E-state index contributed by atoms with van der Waals surface area (Å²) in [6, 6.07) is 12.5. The maximum absolute atomic E-state index is 14.6. The largest absolute Gasteiger partial charge is 0.384 e. The Kier molecular flexibility index (Phi) is 7.04. The Bertz CT molecular complexity index is 1640. The van der Waals surface area contributed by atoms with Crippen molar-refractivity contribution in [1.82, 2.24) is 9.97 Å². The molecular formula is C24H20ClFN4O5S2. The highest BCUT2D eigenvalue weighted by molar-refractivity contribution is 7.90. The number of H-pyrrole nitrogens is 1. The average molecular weight is 563 g/mol. The molecule has 2 aromatic heterocycles. The summed E-state index contributed by atoms with van der Waals surface area (Å²) in [6.45, 7) is 2.41. The molecule has 0 saturated carbocycles. The van der Waals surface area contributed by atoms with E-state index in [0.717, 1.165) is 29.5 Å². The molecule has 37 heavy (non-hydrogen) atoms. The van der Waals surface area contributed by atoms with E-state index in [9.17, 15) is 27.5 Å². The topological polar surface area (TPSA) is 156 Å². The highest BCUT2D eigenvalue weighted by Crippen LogP contribution is 2.31. The van der Waals surface area contributed by atoms with Crippen molar-refractivity contribution in [2.24, 2.45) is 10.1 Å². The number of Topliss-reactive ketones (excluding diaryl/α,β-unsaturated/α-hetero) is 2. The Morgan fingerprint density at radius 2 is 1.86 bits per heavy atom. The van der Waals surface area contributed by atoms with E-state index in [-0.39, 0.29) is 16.3 Å². The standard InChI is InChI=1S/C24H20ClFN4O5S2/c1-24(2,33)23(27)30-37(34,35)17-11-12(7-8-13(17)26)20(31)19(21(32)16-9-10-18(25)36-16)22-28-14-5-3-4-6-15(14)29-22/h3-11,19,33H,1-2H3,(H2,27,30)(H,28,29). The van der Waals surface area contributed by atoms with Crippen LogP contribution in [0.1, 0.15) is 45.6 Å². The molecule has 1 atom stereocenters. The number of sulfonamides is 1. The third kappa shape index (κ3) is 5.47. The number of thiophene rings is 1. The fourth-order valence-electron chi connectivity index (χ4n) is 3.38. The Balaban J connectivity index is 1.83. The van der Waals surface area contributed by atoms with E-state index in [1.54, 1.807) is 24.3 Å². The third-order valence-electron chi connectivity index (χ3n) is 5.36. The molecule has 0 spiro atoms. The number of aromatic nitrogens is 2. The van der Waals surface area contributed by atoms with Gasteiger partial charge in [0.15, 0.2) is 11.6 Å². The quantitative estimate of drug-likeness (QED) is 0.126. The number of halogens is 2. The number of carbonyl (C=O) groups is 2. The average Bonchev–Trinajstić information content (AvgIpc) is 3.44. The van der Waals surface area contributed by atoms with Gasteiger partial charge in [-0.25, -0.2) is 9.37 Å². The highest BCUT2D eigenvalue weighted by atomic mass is 35.5. The molecule has 192 valence electrons. The predicted octanol–water partition coefficient (Wildman–Crippen LogP) is 4.08. The molecule has 0 bridgehead atoms. The van der Waals surface area contributed by atoms with Crippen molar-refractivity contribution in [2.45, 2.75) is 30.3 Å². The molecule has 9 nitrogen and oxygen atoms in total. The second kappa shape index (κ2) is 9.78. The van der Waals surface area contributed by atoms with Crippen LogP contribution in [-0.4, -0.2) is 46.5 Å². The summed E-state index contributed by atoms with van der Waals surface area (Å²) in [6.07, 6.45) is 0. The number of fused-ring (bicyclic) bond motifs is 1. The first-order chi connectivity index (χ1) is 17.3. The summed E-state index contributed by atoms with van der Waals surface area (Å²) in [7, 11) is -4.76. The van der Waals surface area contributed by atoms with Gasteiger partial charge in [-0.05, 0) is 56.3 Å². The monoisotopic (exact) mass is 562 g/mol. The molecule has 0 fully saturated rings. The van der Waals surface area contributed by atoms with Crippen molar-refractivity contribution in [2.75, 3.05) is 0 Å². The summed E-state index contributed by atoms with van der Waals surface area (Å²) in [4.78, 5) is 33.7. The van der Waals surface area contributed by atoms with Gasteiger partial charge in [0, 0.05) is 5.56 Å². The number of benzene rings is 2.